The molecule has 0 amide bonds. The number of carbonyl (C=O) groups is 1. The molecule has 30 heavy (non-hydrogen) atoms. The lowest BCUT2D eigenvalue weighted by Gasteiger charge is -2.08. The number of benzene rings is 2. The number of ether oxygens (including phenoxy) is 1. The van der Waals surface area contributed by atoms with Gasteiger partial charge in [0.15, 0.2) is 24.6 Å². The van der Waals surface area contributed by atoms with Gasteiger partial charge in [-0.1, -0.05) is 24.3 Å². The van der Waals surface area contributed by atoms with Crippen LogP contribution in [0.4, 0.5) is 0 Å². The zero-order valence-electron chi connectivity index (χ0n) is 15.8. The summed E-state index contributed by atoms with van der Waals surface area (Å²) in [6.07, 6.45) is 2.95. The van der Waals surface area contributed by atoms with Gasteiger partial charge in [0.05, 0.1) is 22.7 Å². The second-order valence-electron chi connectivity index (χ2n) is 6.65. The predicted molar refractivity (Wildman–Crippen MR) is 107 cm³/mol. The number of hydrogen-bond donors (Lipinski definition) is 0. The van der Waals surface area contributed by atoms with E-state index in [1.54, 1.807) is 60.1 Å². The quantitative estimate of drug-likeness (QED) is 0.426. The molecule has 0 aliphatic heterocycles. The van der Waals surface area contributed by atoms with Crippen molar-refractivity contribution in [3.05, 3.63) is 82.9 Å². The fraction of sp³-hybridized carbons (Fsp3) is 0.0952. The van der Waals surface area contributed by atoms with Crippen molar-refractivity contribution in [2.24, 2.45) is 7.05 Å². The molecule has 3 aromatic heterocycles. The highest BCUT2D eigenvalue weighted by Crippen LogP contribution is 2.20. The SMILES string of the molecule is Cn1c(=O)c2ccccc2n2c(COC(=O)c3ccc(-c4cnco4)cc3)nnc12. The van der Waals surface area contributed by atoms with Crippen LogP contribution in [0.2, 0.25) is 0 Å². The highest BCUT2D eigenvalue weighted by atomic mass is 16.5. The van der Waals surface area contributed by atoms with Gasteiger partial charge >= 0.3 is 5.97 Å². The molecule has 0 spiro atoms. The lowest BCUT2D eigenvalue weighted by Crippen LogP contribution is -2.20. The van der Waals surface area contributed by atoms with Gasteiger partial charge in [0, 0.05) is 12.6 Å². The first-order valence-electron chi connectivity index (χ1n) is 9.11. The molecule has 0 radical (unpaired) electrons. The Morgan fingerprint density at radius 2 is 1.90 bits per heavy atom. The molecule has 9 heteroatoms. The topological polar surface area (TPSA) is 105 Å². The highest BCUT2D eigenvalue weighted by Gasteiger charge is 2.16. The Bertz CT molecular complexity index is 1430. The molecule has 148 valence electrons. The molecule has 5 aromatic rings. The molecule has 0 aliphatic carbocycles. The summed E-state index contributed by atoms with van der Waals surface area (Å²) in [5.74, 6) is 0.914. The van der Waals surface area contributed by atoms with Crippen LogP contribution in [0.5, 0.6) is 0 Å². The Morgan fingerprint density at radius 1 is 1.10 bits per heavy atom. The fourth-order valence-corrected chi connectivity index (χ4v) is 3.33. The predicted octanol–water partition coefficient (Wildman–Crippen LogP) is 2.59. The van der Waals surface area contributed by atoms with Crippen LogP contribution in [0.1, 0.15) is 16.2 Å². The maximum atomic E-state index is 12.5. The van der Waals surface area contributed by atoms with Crippen LogP contribution in [0.25, 0.3) is 28.0 Å². The Hall–Kier alpha value is -4.27. The van der Waals surface area contributed by atoms with Crippen LogP contribution in [0.3, 0.4) is 0 Å². The molecule has 5 rings (SSSR count). The summed E-state index contributed by atoms with van der Waals surface area (Å²) in [6, 6.07) is 14.0. The first-order valence-corrected chi connectivity index (χ1v) is 9.11. The van der Waals surface area contributed by atoms with Gasteiger partial charge in [-0.2, -0.15) is 0 Å². The van der Waals surface area contributed by atoms with E-state index in [0.717, 1.165) is 5.56 Å². The monoisotopic (exact) mass is 401 g/mol. The number of oxazole rings is 1. The summed E-state index contributed by atoms with van der Waals surface area (Å²) in [7, 11) is 1.63. The third-order valence-corrected chi connectivity index (χ3v) is 4.86. The largest absolute Gasteiger partial charge is 0.454 e. The standard InChI is InChI=1S/C21H15N5O4/c1-25-19(27)15-4-2-3-5-16(15)26-18(23-24-21(25)26)11-29-20(28)14-8-6-13(7-9-14)17-10-22-12-30-17/h2-10,12H,11H2,1H3. The van der Waals surface area contributed by atoms with Crippen LogP contribution in [0.15, 0.2) is 70.3 Å². The molecular formula is C21H15N5O4. The Kier molecular flexibility index (Phi) is 4.13. The summed E-state index contributed by atoms with van der Waals surface area (Å²) in [4.78, 5) is 28.9. The van der Waals surface area contributed by atoms with Crippen molar-refractivity contribution in [1.29, 1.82) is 0 Å². The van der Waals surface area contributed by atoms with Gasteiger partial charge < -0.3 is 9.15 Å². The molecule has 9 nitrogen and oxygen atoms in total. The molecule has 0 fully saturated rings. The molecule has 0 saturated heterocycles. The normalized spacial score (nSPS) is 11.2. The van der Waals surface area contributed by atoms with E-state index in [1.807, 2.05) is 6.07 Å². The third kappa shape index (κ3) is 2.84. The van der Waals surface area contributed by atoms with E-state index in [0.29, 0.717) is 33.8 Å². The molecule has 0 unspecified atom stereocenters. The molecule has 0 bridgehead atoms. The molecule has 0 atom stereocenters. The van der Waals surface area contributed by atoms with E-state index in [-0.39, 0.29) is 12.2 Å². The van der Waals surface area contributed by atoms with Crippen molar-refractivity contribution >= 4 is 22.6 Å². The number of esters is 1. The van der Waals surface area contributed by atoms with Crippen LogP contribution >= 0.6 is 0 Å². The van der Waals surface area contributed by atoms with Crippen LogP contribution in [-0.4, -0.2) is 30.1 Å². The zero-order chi connectivity index (χ0) is 20.7. The summed E-state index contributed by atoms with van der Waals surface area (Å²) in [5, 5.41) is 8.74. The highest BCUT2D eigenvalue weighted by molar-refractivity contribution is 5.90. The number of carbonyl (C=O) groups excluding carboxylic acids is 1. The maximum Gasteiger partial charge on any atom is 0.338 e. The van der Waals surface area contributed by atoms with E-state index < -0.39 is 5.97 Å². The minimum Gasteiger partial charge on any atom is -0.454 e. The molecule has 0 N–H and O–H groups in total. The lowest BCUT2D eigenvalue weighted by atomic mass is 10.1. The number of nitrogens with zero attached hydrogens (tertiary/aromatic N) is 5. The molecule has 3 heterocycles. The van der Waals surface area contributed by atoms with Gasteiger partial charge in [-0.15, -0.1) is 10.2 Å². The van der Waals surface area contributed by atoms with Gasteiger partial charge in [-0.25, -0.2) is 9.78 Å². The van der Waals surface area contributed by atoms with Gasteiger partial charge in [-0.3, -0.25) is 13.8 Å². The van der Waals surface area contributed by atoms with E-state index in [4.69, 9.17) is 9.15 Å². The number of aryl methyl sites for hydroxylation is 1. The third-order valence-electron chi connectivity index (χ3n) is 4.86. The van der Waals surface area contributed by atoms with Crippen molar-refractivity contribution in [3.63, 3.8) is 0 Å². The summed E-state index contributed by atoms with van der Waals surface area (Å²) < 4.78 is 13.8. The van der Waals surface area contributed by atoms with Crippen molar-refractivity contribution in [3.8, 4) is 11.3 Å². The van der Waals surface area contributed by atoms with Crippen LogP contribution in [0, 0.1) is 0 Å². The molecule has 0 saturated carbocycles. The number of rotatable bonds is 4. The Labute approximate surface area is 169 Å². The van der Waals surface area contributed by atoms with Crippen molar-refractivity contribution in [2.75, 3.05) is 0 Å². The number of para-hydroxylation sites is 1. The van der Waals surface area contributed by atoms with Crippen molar-refractivity contribution in [2.45, 2.75) is 6.61 Å². The number of hydrogen-bond acceptors (Lipinski definition) is 7. The fourth-order valence-electron chi connectivity index (χ4n) is 3.33. The summed E-state index contributed by atoms with van der Waals surface area (Å²) >= 11 is 0. The van der Waals surface area contributed by atoms with E-state index in [9.17, 15) is 9.59 Å². The first-order chi connectivity index (χ1) is 14.6. The van der Waals surface area contributed by atoms with Crippen molar-refractivity contribution in [1.82, 2.24) is 24.1 Å². The second-order valence-corrected chi connectivity index (χ2v) is 6.65. The smallest absolute Gasteiger partial charge is 0.338 e. The minimum absolute atomic E-state index is 0.0912. The van der Waals surface area contributed by atoms with E-state index >= 15 is 0 Å². The lowest BCUT2D eigenvalue weighted by molar-refractivity contribution is 0.0461. The van der Waals surface area contributed by atoms with Crippen molar-refractivity contribution < 1.29 is 13.9 Å². The van der Waals surface area contributed by atoms with Gasteiger partial charge in [0.25, 0.3) is 5.56 Å². The van der Waals surface area contributed by atoms with Gasteiger partial charge in [0.1, 0.15) is 0 Å². The number of fused-ring (bicyclic) bond motifs is 3. The summed E-state index contributed by atoms with van der Waals surface area (Å²) in [5.41, 5.74) is 1.69. The van der Waals surface area contributed by atoms with Crippen LogP contribution in [-0.2, 0) is 18.4 Å². The Balaban J connectivity index is 1.43. The molecule has 2 aromatic carbocycles. The summed E-state index contributed by atoms with van der Waals surface area (Å²) in [6.45, 7) is -0.0912. The molecule has 0 aliphatic rings. The minimum atomic E-state index is -0.495. The first kappa shape index (κ1) is 17.8. The van der Waals surface area contributed by atoms with Gasteiger partial charge in [-0.05, 0) is 24.3 Å². The average Bonchev–Trinajstić information content (AvgIpc) is 3.46. The second kappa shape index (κ2) is 6.96. The molecular weight excluding hydrogens is 386 g/mol. The maximum absolute atomic E-state index is 12.5. The van der Waals surface area contributed by atoms with Crippen LogP contribution < -0.4 is 5.56 Å². The number of aromatic nitrogens is 5. The average molecular weight is 401 g/mol. The van der Waals surface area contributed by atoms with E-state index in [1.165, 1.54) is 11.0 Å². The van der Waals surface area contributed by atoms with E-state index in [2.05, 4.69) is 15.2 Å². The zero-order valence-corrected chi connectivity index (χ0v) is 15.8. The van der Waals surface area contributed by atoms with Gasteiger partial charge in [0.2, 0.25) is 5.78 Å². The Morgan fingerprint density at radius 3 is 2.67 bits per heavy atom.